The van der Waals surface area contributed by atoms with Gasteiger partial charge in [-0.2, -0.15) is 5.26 Å². The summed E-state index contributed by atoms with van der Waals surface area (Å²) in [5, 5.41) is 9.31. The molecule has 0 saturated heterocycles. The lowest BCUT2D eigenvalue weighted by atomic mass is 9.96. The molecule has 1 N–H and O–H groups in total. The van der Waals surface area contributed by atoms with Crippen LogP contribution >= 0.6 is 0 Å². The van der Waals surface area contributed by atoms with Gasteiger partial charge in [0.1, 0.15) is 11.8 Å². The minimum absolute atomic E-state index is 0.205. The zero-order chi connectivity index (χ0) is 16.5. The van der Waals surface area contributed by atoms with Crippen LogP contribution in [0.3, 0.4) is 0 Å². The second-order valence-electron chi connectivity index (χ2n) is 5.48. The van der Waals surface area contributed by atoms with E-state index in [1.807, 2.05) is 6.92 Å². The molecule has 0 fully saturated rings. The van der Waals surface area contributed by atoms with Crippen molar-refractivity contribution in [2.24, 2.45) is 0 Å². The van der Waals surface area contributed by atoms with Crippen LogP contribution in [-0.2, 0) is 16.4 Å². The molecule has 23 heavy (non-hydrogen) atoms. The van der Waals surface area contributed by atoms with Crippen molar-refractivity contribution < 1.29 is 13.2 Å². The molecule has 3 rings (SSSR count). The van der Waals surface area contributed by atoms with Crippen molar-refractivity contribution in [2.45, 2.75) is 30.3 Å². The number of rotatable bonds is 4. The number of nitrogens with zero attached hydrogens (tertiary/aromatic N) is 1. The van der Waals surface area contributed by atoms with Crippen LogP contribution in [0.15, 0.2) is 53.4 Å². The largest absolute Gasteiger partial charge is 0.472 e. The number of hydrogen-bond acceptors (Lipinski definition) is 4. The fourth-order valence-corrected chi connectivity index (χ4v) is 3.66. The van der Waals surface area contributed by atoms with Crippen LogP contribution in [0.4, 0.5) is 5.69 Å². The maximum atomic E-state index is 12.3. The Hall–Kier alpha value is -2.52. The van der Waals surface area contributed by atoms with Crippen LogP contribution < -0.4 is 9.46 Å². The molecular weight excluding hydrogens is 312 g/mol. The van der Waals surface area contributed by atoms with Gasteiger partial charge in [0.25, 0.3) is 10.0 Å². The minimum atomic E-state index is -3.63. The molecule has 5 nitrogen and oxygen atoms in total. The zero-order valence-corrected chi connectivity index (χ0v) is 13.4. The van der Waals surface area contributed by atoms with Crippen molar-refractivity contribution in [3.8, 4) is 11.8 Å². The molecule has 0 aromatic heterocycles. The molecule has 0 saturated carbocycles. The summed E-state index contributed by atoms with van der Waals surface area (Å²) >= 11 is 0. The number of sulfonamides is 1. The van der Waals surface area contributed by atoms with Gasteiger partial charge in [0.15, 0.2) is 5.60 Å². The van der Waals surface area contributed by atoms with E-state index in [0.717, 1.165) is 5.56 Å². The zero-order valence-electron chi connectivity index (χ0n) is 12.6. The molecule has 0 aliphatic carbocycles. The van der Waals surface area contributed by atoms with E-state index >= 15 is 0 Å². The standard InChI is InChI=1S/C17H16N2O3S/c1-2-17(12-18)11-13-10-14(8-9-16(13)22-17)19-23(20,21)15-6-4-3-5-7-15/h3-10,19H,2,11H2,1H3. The minimum Gasteiger partial charge on any atom is -0.472 e. The Morgan fingerprint density at radius 3 is 2.65 bits per heavy atom. The monoisotopic (exact) mass is 328 g/mol. The fraction of sp³-hybridized carbons (Fsp3) is 0.235. The first-order valence-corrected chi connectivity index (χ1v) is 8.77. The van der Waals surface area contributed by atoms with Gasteiger partial charge < -0.3 is 4.74 Å². The van der Waals surface area contributed by atoms with Crippen molar-refractivity contribution in [3.63, 3.8) is 0 Å². The number of nitriles is 1. The van der Waals surface area contributed by atoms with E-state index in [0.29, 0.717) is 24.3 Å². The van der Waals surface area contributed by atoms with Crippen LogP contribution in [0.2, 0.25) is 0 Å². The van der Waals surface area contributed by atoms with Crippen molar-refractivity contribution in [2.75, 3.05) is 4.72 Å². The van der Waals surface area contributed by atoms with E-state index in [9.17, 15) is 13.7 Å². The Labute approximate surface area is 135 Å². The second kappa shape index (κ2) is 5.60. The van der Waals surface area contributed by atoms with Gasteiger partial charge >= 0.3 is 0 Å². The van der Waals surface area contributed by atoms with E-state index in [-0.39, 0.29) is 4.90 Å². The molecule has 1 atom stereocenters. The molecule has 6 heteroatoms. The summed E-state index contributed by atoms with van der Waals surface area (Å²) in [5.41, 5.74) is 0.446. The van der Waals surface area contributed by atoms with Crippen LogP contribution in [0.1, 0.15) is 18.9 Å². The highest BCUT2D eigenvalue weighted by molar-refractivity contribution is 7.92. The Morgan fingerprint density at radius 2 is 2.00 bits per heavy atom. The Kier molecular flexibility index (Phi) is 3.74. The number of anilines is 1. The van der Waals surface area contributed by atoms with E-state index < -0.39 is 15.6 Å². The first-order valence-electron chi connectivity index (χ1n) is 7.29. The molecule has 1 heterocycles. The van der Waals surface area contributed by atoms with Crippen LogP contribution in [0.5, 0.6) is 5.75 Å². The van der Waals surface area contributed by atoms with Gasteiger partial charge in [-0.15, -0.1) is 0 Å². The SMILES string of the molecule is CCC1(C#N)Cc2cc(NS(=O)(=O)c3ccccc3)ccc2O1. The van der Waals surface area contributed by atoms with Crippen LogP contribution in [-0.4, -0.2) is 14.0 Å². The third kappa shape index (κ3) is 2.88. The van der Waals surface area contributed by atoms with E-state index in [1.54, 1.807) is 36.4 Å². The van der Waals surface area contributed by atoms with Gasteiger partial charge in [0.2, 0.25) is 0 Å². The van der Waals surface area contributed by atoms with Crippen LogP contribution in [0, 0.1) is 11.3 Å². The lowest BCUT2D eigenvalue weighted by molar-refractivity contribution is 0.152. The maximum Gasteiger partial charge on any atom is 0.261 e. The molecule has 0 spiro atoms. The van der Waals surface area contributed by atoms with Crippen molar-refractivity contribution in [3.05, 3.63) is 54.1 Å². The lowest BCUT2D eigenvalue weighted by Gasteiger charge is -2.17. The fourth-order valence-electron chi connectivity index (χ4n) is 2.59. The molecule has 2 aromatic carbocycles. The predicted molar refractivity (Wildman–Crippen MR) is 86.7 cm³/mol. The maximum absolute atomic E-state index is 12.3. The summed E-state index contributed by atoms with van der Waals surface area (Å²) in [6.45, 7) is 1.90. The Morgan fingerprint density at radius 1 is 1.26 bits per heavy atom. The molecule has 118 valence electrons. The van der Waals surface area contributed by atoms with Crippen molar-refractivity contribution in [1.82, 2.24) is 0 Å². The number of fused-ring (bicyclic) bond motifs is 1. The Bertz CT molecular complexity index is 872. The highest BCUT2D eigenvalue weighted by atomic mass is 32.2. The normalized spacial score (nSPS) is 19.5. The van der Waals surface area contributed by atoms with E-state index in [4.69, 9.17) is 4.74 Å². The van der Waals surface area contributed by atoms with Crippen LogP contribution in [0.25, 0.3) is 0 Å². The molecule has 1 unspecified atom stereocenters. The van der Waals surface area contributed by atoms with Gasteiger partial charge in [0.05, 0.1) is 4.90 Å². The first kappa shape index (κ1) is 15.4. The van der Waals surface area contributed by atoms with Gasteiger partial charge in [-0.25, -0.2) is 8.42 Å². The Balaban J connectivity index is 1.87. The number of ether oxygens (including phenoxy) is 1. The summed E-state index contributed by atoms with van der Waals surface area (Å²) in [6.07, 6.45) is 1.03. The highest BCUT2D eigenvalue weighted by Crippen LogP contribution is 2.38. The number of nitrogens with one attached hydrogen (secondary N) is 1. The lowest BCUT2D eigenvalue weighted by Crippen LogP contribution is -2.31. The molecule has 0 bridgehead atoms. The van der Waals surface area contributed by atoms with Gasteiger partial charge in [0, 0.05) is 17.7 Å². The van der Waals surface area contributed by atoms with Gasteiger partial charge in [-0.3, -0.25) is 4.72 Å². The summed E-state index contributed by atoms with van der Waals surface area (Å²) in [7, 11) is -3.63. The summed E-state index contributed by atoms with van der Waals surface area (Å²) in [6, 6.07) is 15.5. The third-order valence-corrected chi connectivity index (χ3v) is 5.32. The quantitative estimate of drug-likeness (QED) is 0.935. The average molecular weight is 328 g/mol. The molecule has 1 aliphatic heterocycles. The summed E-state index contributed by atoms with van der Waals surface area (Å²) in [5.74, 6) is 0.635. The highest BCUT2D eigenvalue weighted by Gasteiger charge is 2.38. The molecular formula is C17H16N2O3S. The van der Waals surface area contributed by atoms with Gasteiger partial charge in [-0.1, -0.05) is 25.1 Å². The first-order chi connectivity index (χ1) is 11.0. The number of hydrogen-bond donors (Lipinski definition) is 1. The van der Waals surface area contributed by atoms with Crippen molar-refractivity contribution >= 4 is 15.7 Å². The smallest absolute Gasteiger partial charge is 0.261 e. The molecule has 2 aromatic rings. The predicted octanol–water partition coefficient (Wildman–Crippen LogP) is 3.09. The molecule has 1 aliphatic rings. The molecule has 0 radical (unpaired) electrons. The second-order valence-corrected chi connectivity index (χ2v) is 7.16. The van der Waals surface area contributed by atoms with E-state index in [2.05, 4.69) is 10.8 Å². The summed E-state index contributed by atoms with van der Waals surface area (Å²) < 4.78 is 33.0. The van der Waals surface area contributed by atoms with Gasteiger partial charge in [-0.05, 0) is 36.8 Å². The topological polar surface area (TPSA) is 79.2 Å². The summed E-state index contributed by atoms with van der Waals surface area (Å²) in [4.78, 5) is 0.205. The van der Waals surface area contributed by atoms with Crippen molar-refractivity contribution in [1.29, 1.82) is 5.26 Å². The average Bonchev–Trinajstić information content (AvgIpc) is 2.94. The number of benzene rings is 2. The molecule has 0 amide bonds. The van der Waals surface area contributed by atoms with E-state index in [1.165, 1.54) is 12.1 Å². The third-order valence-electron chi connectivity index (χ3n) is 3.92.